The van der Waals surface area contributed by atoms with Crippen LogP contribution in [0.1, 0.15) is 5.56 Å². The Hall–Kier alpha value is -1.57. The Labute approximate surface area is 132 Å². The maximum absolute atomic E-state index is 11.8. The number of aromatic amines is 1. The fraction of sp³-hybridized carbons (Fsp3) is 0.154. The first-order valence-corrected chi connectivity index (χ1v) is 8.77. The SMILES string of the molecule is Cc1cscc1Nc1nc2c(S(C)(=O)=O)cccc2[nH]1.Cl. The van der Waals surface area contributed by atoms with E-state index in [9.17, 15) is 8.42 Å². The van der Waals surface area contributed by atoms with E-state index in [1.807, 2.05) is 23.8 Å². The van der Waals surface area contributed by atoms with Crippen LogP contribution in [0.3, 0.4) is 0 Å². The molecule has 0 radical (unpaired) electrons. The minimum absolute atomic E-state index is 0. The van der Waals surface area contributed by atoms with E-state index in [4.69, 9.17) is 0 Å². The Morgan fingerprint density at radius 3 is 2.67 bits per heavy atom. The number of sulfone groups is 1. The maximum atomic E-state index is 11.8. The van der Waals surface area contributed by atoms with Gasteiger partial charge in [0.05, 0.1) is 16.1 Å². The number of thiophene rings is 1. The molecule has 2 heterocycles. The minimum Gasteiger partial charge on any atom is -0.325 e. The molecule has 112 valence electrons. The lowest BCUT2D eigenvalue weighted by atomic mass is 10.3. The quantitative estimate of drug-likeness (QED) is 0.763. The fourth-order valence-corrected chi connectivity index (χ4v) is 3.59. The van der Waals surface area contributed by atoms with Gasteiger partial charge in [-0.3, -0.25) is 0 Å². The molecule has 3 aromatic rings. The number of anilines is 2. The number of hydrogen-bond acceptors (Lipinski definition) is 5. The molecule has 1 aromatic carbocycles. The molecule has 0 aliphatic heterocycles. The monoisotopic (exact) mass is 343 g/mol. The molecular weight excluding hydrogens is 330 g/mol. The number of para-hydroxylation sites is 1. The Morgan fingerprint density at radius 2 is 2.05 bits per heavy atom. The largest absolute Gasteiger partial charge is 0.325 e. The van der Waals surface area contributed by atoms with Gasteiger partial charge in [0.25, 0.3) is 0 Å². The normalized spacial score (nSPS) is 11.3. The first-order valence-electron chi connectivity index (χ1n) is 5.94. The highest BCUT2D eigenvalue weighted by Gasteiger charge is 2.15. The summed E-state index contributed by atoms with van der Waals surface area (Å²) in [5.41, 5.74) is 3.25. The van der Waals surface area contributed by atoms with Crippen LogP contribution >= 0.6 is 23.7 Å². The Bertz CT molecular complexity index is 884. The number of fused-ring (bicyclic) bond motifs is 1. The molecule has 2 N–H and O–H groups in total. The number of aryl methyl sites for hydroxylation is 1. The van der Waals surface area contributed by atoms with Crippen LogP contribution in [0.4, 0.5) is 11.6 Å². The third-order valence-corrected chi connectivity index (χ3v) is 4.97. The van der Waals surface area contributed by atoms with Crippen molar-refractivity contribution >= 4 is 56.3 Å². The Kier molecular flexibility index (Phi) is 4.27. The summed E-state index contributed by atoms with van der Waals surface area (Å²) in [5, 5.41) is 7.19. The van der Waals surface area contributed by atoms with Gasteiger partial charge >= 0.3 is 0 Å². The molecule has 0 amide bonds. The van der Waals surface area contributed by atoms with Gasteiger partial charge in [-0.2, -0.15) is 0 Å². The average molecular weight is 344 g/mol. The van der Waals surface area contributed by atoms with Gasteiger partial charge in [-0.1, -0.05) is 6.07 Å². The summed E-state index contributed by atoms with van der Waals surface area (Å²) in [6.07, 6.45) is 1.19. The van der Waals surface area contributed by atoms with Gasteiger partial charge in [0.1, 0.15) is 5.52 Å². The molecule has 21 heavy (non-hydrogen) atoms. The average Bonchev–Trinajstić information content (AvgIpc) is 2.94. The molecule has 0 aliphatic rings. The number of imidazole rings is 1. The van der Waals surface area contributed by atoms with E-state index in [0.29, 0.717) is 17.0 Å². The van der Waals surface area contributed by atoms with Crippen molar-refractivity contribution in [3.8, 4) is 0 Å². The van der Waals surface area contributed by atoms with Gasteiger partial charge < -0.3 is 10.3 Å². The molecule has 8 heteroatoms. The summed E-state index contributed by atoms with van der Waals surface area (Å²) in [7, 11) is -3.29. The molecule has 0 saturated heterocycles. The first kappa shape index (κ1) is 15.8. The van der Waals surface area contributed by atoms with E-state index in [2.05, 4.69) is 15.3 Å². The van der Waals surface area contributed by atoms with E-state index >= 15 is 0 Å². The van der Waals surface area contributed by atoms with Crippen molar-refractivity contribution in [1.82, 2.24) is 9.97 Å². The Balaban J connectivity index is 0.00000161. The topological polar surface area (TPSA) is 74.8 Å². The highest BCUT2D eigenvalue weighted by Crippen LogP contribution is 2.26. The van der Waals surface area contributed by atoms with Crippen molar-refractivity contribution in [3.63, 3.8) is 0 Å². The number of H-pyrrole nitrogens is 1. The number of nitrogens with one attached hydrogen (secondary N) is 2. The third-order valence-electron chi connectivity index (χ3n) is 2.98. The zero-order valence-electron chi connectivity index (χ0n) is 11.4. The minimum atomic E-state index is -3.29. The van der Waals surface area contributed by atoms with Gasteiger partial charge in [-0.05, 0) is 30.0 Å². The van der Waals surface area contributed by atoms with E-state index in [-0.39, 0.29) is 17.3 Å². The number of benzene rings is 1. The molecule has 0 aliphatic carbocycles. The molecule has 0 bridgehead atoms. The summed E-state index contributed by atoms with van der Waals surface area (Å²) >= 11 is 1.60. The number of aromatic nitrogens is 2. The third kappa shape index (κ3) is 3.04. The second-order valence-corrected chi connectivity index (χ2v) is 7.33. The molecular formula is C13H14ClN3O2S2. The van der Waals surface area contributed by atoms with Crippen molar-refractivity contribution in [1.29, 1.82) is 0 Å². The van der Waals surface area contributed by atoms with Crippen LogP contribution in [0.15, 0.2) is 33.9 Å². The highest BCUT2D eigenvalue weighted by molar-refractivity contribution is 7.91. The summed E-state index contributed by atoms with van der Waals surface area (Å²) in [6.45, 7) is 2.00. The van der Waals surface area contributed by atoms with Crippen molar-refractivity contribution in [2.75, 3.05) is 11.6 Å². The molecule has 0 fully saturated rings. The van der Waals surface area contributed by atoms with Gasteiger partial charge in [0.2, 0.25) is 5.95 Å². The zero-order chi connectivity index (χ0) is 14.3. The standard InChI is InChI=1S/C13H13N3O2S2.ClH/c1-8-6-19-7-10(8)15-13-14-9-4-3-5-11(12(9)16-13)20(2,17)18;/h3-7H,1-2H3,(H2,14,15,16);1H. The zero-order valence-corrected chi connectivity index (χ0v) is 13.8. The highest BCUT2D eigenvalue weighted by atomic mass is 35.5. The number of rotatable bonds is 3. The molecule has 3 rings (SSSR count). The van der Waals surface area contributed by atoms with E-state index in [0.717, 1.165) is 11.3 Å². The lowest BCUT2D eigenvalue weighted by Crippen LogP contribution is -1.97. The van der Waals surface area contributed by atoms with Crippen LogP contribution in [0.5, 0.6) is 0 Å². The molecule has 5 nitrogen and oxygen atoms in total. The van der Waals surface area contributed by atoms with Crippen molar-refractivity contribution in [2.24, 2.45) is 0 Å². The predicted octanol–water partition coefficient (Wildman–Crippen LogP) is 3.50. The van der Waals surface area contributed by atoms with Crippen LogP contribution in [0, 0.1) is 6.92 Å². The number of halogens is 1. The van der Waals surface area contributed by atoms with Gasteiger partial charge in [0, 0.05) is 11.6 Å². The number of nitrogens with zero attached hydrogens (tertiary/aromatic N) is 1. The molecule has 2 aromatic heterocycles. The van der Waals surface area contributed by atoms with Crippen LogP contribution < -0.4 is 5.32 Å². The number of hydrogen-bond donors (Lipinski definition) is 2. The van der Waals surface area contributed by atoms with E-state index in [1.165, 1.54) is 6.26 Å². The van der Waals surface area contributed by atoms with Crippen LogP contribution in [0.25, 0.3) is 11.0 Å². The van der Waals surface area contributed by atoms with Crippen LogP contribution in [0.2, 0.25) is 0 Å². The maximum Gasteiger partial charge on any atom is 0.205 e. The Morgan fingerprint density at radius 1 is 1.29 bits per heavy atom. The van der Waals surface area contributed by atoms with Crippen molar-refractivity contribution in [3.05, 3.63) is 34.5 Å². The van der Waals surface area contributed by atoms with Gasteiger partial charge in [-0.15, -0.1) is 23.7 Å². The van der Waals surface area contributed by atoms with Crippen molar-refractivity contribution < 1.29 is 8.42 Å². The van der Waals surface area contributed by atoms with Gasteiger partial charge in [-0.25, -0.2) is 13.4 Å². The van der Waals surface area contributed by atoms with Gasteiger partial charge in [0.15, 0.2) is 9.84 Å². The second kappa shape index (κ2) is 5.67. The predicted molar refractivity (Wildman–Crippen MR) is 88.8 cm³/mol. The molecule has 0 saturated carbocycles. The molecule has 0 unspecified atom stereocenters. The first-order chi connectivity index (χ1) is 9.45. The summed E-state index contributed by atoms with van der Waals surface area (Å²) in [4.78, 5) is 7.68. The fourth-order valence-electron chi connectivity index (χ4n) is 1.98. The van der Waals surface area contributed by atoms with Crippen LogP contribution in [-0.4, -0.2) is 24.6 Å². The van der Waals surface area contributed by atoms with E-state index < -0.39 is 9.84 Å². The smallest absolute Gasteiger partial charge is 0.205 e. The summed E-state index contributed by atoms with van der Waals surface area (Å²) < 4.78 is 23.5. The lowest BCUT2D eigenvalue weighted by Gasteiger charge is -2.00. The van der Waals surface area contributed by atoms with E-state index in [1.54, 1.807) is 23.5 Å². The van der Waals surface area contributed by atoms with Crippen LogP contribution in [-0.2, 0) is 9.84 Å². The lowest BCUT2D eigenvalue weighted by molar-refractivity contribution is 0.602. The summed E-state index contributed by atoms with van der Waals surface area (Å²) in [5.74, 6) is 0.539. The summed E-state index contributed by atoms with van der Waals surface area (Å²) in [6, 6.07) is 5.08. The molecule has 0 spiro atoms. The second-order valence-electron chi connectivity index (χ2n) is 4.60. The van der Waals surface area contributed by atoms with Crippen molar-refractivity contribution in [2.45, 2.75) is 11.8 Å². The molecule has 0 atom stereocenters.